The molecule has 0 spiro atoms. The average Bonchev–Trinajstić information content (AvgIpc) is 2.52. The molecule has 0 radical (unpaired) electrons. The number of halogens is 1. The first-order valence-corrected chi connectivity index (χ1v) is 8.02. The molecule has 1 fully saturated rings. The maximum Gasteiger partial charge on any atom is 0.149 e. The molecule has 0 amide bonds. The van der Waals surface area contributed by atoms with E-state index in [1.165, 1.54) is 12.4 Å². The van der Waals surface area contributed by atoms with E-state index in [1.807, 2.05) is 13.1 Å². The predicted molar refractivity (Wildman–Crippen MR) is 89.2 cm³/mol. The van der Waals surface area contributed by atoms with Gasteiger partial charge in [-0.3, -0.25) is 4.90 Å². The number of likely N-dealkylation sites (N-methyl/N-ethyl adjacent to an activating group) is 1. The van der Waals surface area contributed by atoms with Gasteiger partial charge < -0.3 is 9.64 Å². The lowest BCUT2D eigenvalue weighted by molar-refractivity contribution is -0.0670. The Hall–Kier alpha value is -1.79. The number of hydrogen-bond acceptors (Lipinski definition) is 5. The van der Waals surface area contributed by atoms with E-state index in [9.17, 15) is 4.39 Å². The van der Waals surface area contributed by atoms with Crippen molar-refractivity contribution < 1.29 is 9.13 Å². The van der Waals surface area contributed by atoms with E-state index in [2.05, 4.69) is 33.6 Å². The summed E-state index contributed by atoms with van der Waals surface area (Å²) in [5, 5.41) is 0.749. The van der Waals surface area contributed by atoms with Crippen LogP contribution in [0.3, 0.4) is 0 Å². The quantitative estimate of drug-likeness (QED) is 0.865. The Morgan fingerprint density at radius 3 is 2.74 bits per heavy atom. The molecule has 2 atom stereocenters. The van der Waals surface area contributed by atoms with Crippen LogP contribution in [0.25, 0.3) is 10.9 Å². The van der Waals surface area contributed by atoms with Gasteiger partial charge in [-0.25, -0.2) is 14.4 Å². The smallest absolute Gasteiger partial charge is 0.149 e. The molecule has 0 N–H and O–H groups in total. The van der Waals surface area contributed by atoms with Crippen molar-refractivity contribution in [3.8, 4) is 0 Å². The summed E-state index contributed by atoms with van der Waals surface area (Å²) in [5.74, 6) is 0.458. The molecule has 1 aliphatic heterocycles. The molecular weight excluding hydrogens is 295 g/mol. The molecular formula is C17H23FN4O. The molecule has 1 aromatic carbocycles. The van der Waals surface area contributed by atoms with Gasteiger partial charge in [-0.15, -0.1) is 0 Å². The number of fused-ring (bicyclic) bond motifs is 1. The van der Waals surface area contributed by atoms with Gasteiger partial charge in [0.1, 0.15) is 23.5 Å². The first-order valence-electron chi connectivity index (χ1n) is 8.02. The van der Waals surface area contributed by atoms with Crippen LogP contribution in [0.15, 0.2) is 24.5 Å². The standard InChI is InChI=1S/C17H23FN4O/c1-12-9-22(10-13(2)23-12)8-7-21(3)17-14-5-4-6-15(18)16(14)19-11-20-17/h4-6,11-13H,7-10H2,1-3H3/t12-,13+. The Morgan fingerprint density at radius 2 is 2.00 bits per heavy atom. The predicted octanol–water partition coefficient (Wildman–Crippen LogP) is 2.31. The van der Waals surface area contributed by atoms with Gasteiger partial charge in [-0.2, -0.15) is 0 Å². The van der Waals surface area contributed by atoms with Crippen molar-refractivity contribution in [1.82, 2.24) is 14.9 Å². The third kappa shape index (κ3) is 3.59. The van der Waals surface area contributed by atoms with Crippen molar-refractivity contribution in [2.45, 2.75) is 26.1 Å². The third-order valence-corrected chi connectivity index (χ3v) is 4.20. The second-order valence-electron chi connectivity index (χ2n) is 6.27. The van der Waals surface area contributed by atoms with Crippen molar-refractivity contribution >= 4 is 16.7 Å². The van der Waals surface area contributed by atoms with Crippen molar-refractivity contribution in [1.29, 1.82) is 0 Å². The van der Waals surface area contributed by atoms with Crippen molar-refractivity contribution in [3.63, 3.8) is 0 Å². The van der Waals surface area contributed by atoms with Gasteiger partial charge in [0.2, 0.25) is 0 Å². The lowest BCUT2D eigenvalue weighted by atomic mass is 10.2. The van der Waals surface area contributed by atoms with Crippen LogP contribution in [0.2, 0.25) is 0 Å². The van der Waals surface area contributed by atoms with Crippen LogP contribution in [0.1, 0.15) is 13.8 Å². The number of ether oxygens (including phenoxy) is 1. The Morgan fingerprint density at radius 1 is 1.26 bits per heavy atom. The highest BCUT2D eigenvalue weighted by molar-refractivity contribution is 5.89. The maximum atomic E-state index is 13.9. The minimum absolute atomic E-state index is 0.262. The molecule has 23 heavy (non-hydrogen) atoms. The zero-order valence-electron chi connectivity index (χ0n) is 13.9. The summed E-state index contributed by atoms with van der Waals surface area (Å²) in [4.78, 5) is 12.9. The molecule has 0 bridgehead atoms. The van der Waals surface area contributed by atoms with E-state index < -0.39 is 0 Å². The summed E-state index contributed by atoms with van der Waals surface area (Å²) < 4.78 is 19.6. The number of anilines is 1. The summed E-state index contributed by atoms with van der Waals surface area (Å²) >= 11 is 0. The fourth-order valence-corrected chi connectivity index (χ4v) is 3.21. The van der Waals surface area contributed by atoms with Crippen molar-refractivity contribution in [2.75, 3.05) is 38.1 Å². The maximum absolute atomic E-state index is 13.9. The molecule has 3 rings (SSSR count). The molecule has 1 saturated heterocycles. The Kier molecular flexibility index (Phi) is 4.73. The van der Waals surface area contributed by atoms with Crippen LogP contribution in [0.5, 0.6) is 0 Å². The van der Waals surface area contributed by atoms with E-state index >= 15 is 0 Å². The topological polar surface area (TPSA) is 41.5 Å². The van der Waals surface area contributed by atoms with Gasteiger partial charge >= 0.3 is 0 Å². The molecule has 1 aromatic heterocycles. The number of rotatable bonds is 4. The van der Waals surface area contributed by atoms with Crippen LogP contribution in [-0.4, -0.2) is 60.3 Å². The molecule has 1 aliphatic rings. The van der Waals surface area contributed by atoms with Gasteiger partial charge in [0.05, 0.1) is 12.2 Å². The molecule has 2 heterocycles. The summed E-state index contributed by atoms with van der Waals surface area (Å²) in [6.45, 7) is 7.84. The summed E-state index contributed by atoms with van der Waals surface area (Å²) in [6, 6.07) is 4.99. The largest absolute Gasteiger partial charge is 0.373 e. The Bertz CT molecular complexity index is 671. The fourth-order valence-electron chi connectivity index (χ4n) is 3.21. The first kappa shape index (κ1) is 16.1. The molecule has 0 unspecified atom stereocenters. The number of hydrogen-bond donors (Lipinski definition) is 0. The van der Waals surface area contributed by atoms with Crippen LogP contribution in [0.4, 0.5) is 10.2 Å². The molecule has 5 nitrogen and oxygen atoms in total. The lowest BCUT2D eigenvalue weighted by Crippen LogP contribution is -2.47. The monoisotopic (exact) mass is 318 g/mol. The molecule has 6 heteroatoms. The van der Waals surface area contributed by atoms with Crippen LogP contribution >= 0.6 is 0 Å². The van der Waals surface area contributed by atoms with Gasteiger partial charge in [0, 0.05) is 38.6 Å². The number of aromatic nitrogens is 2. The van der Waals surface area contributed by atoms with Crippen LogP contribution in [-0.2, 0) is 4.74 Å². The SMILES string of the molecule is C[C@@H]1CN(CCN(C)c2ncnc3c(F)cccc23)C[C@H](C)O1. The highest BCUT2D eigenvalue weighted by Crippen LogP contribution is 2.23. The van der Waals surface area contributed by atoms with Crippen LogP contribution in [0, 0.1) is 5.82 Å². The summed E-state index contributed by atoms with van der Waals surface area (Å²) in [6.07, 6.45) is 1.95. The van der Waals surface area contributed by atoms with Crippen molar-refractivity contribution in [3.05, 3.63) is 30.3 Å². The van der Waals surface area contributed by atoms with Gasteiger partial charge in [0.15, 0.2) is 0 Å². The van der Waals surface area contributed by atoms with Crippen molar-refractivity contribution in [2.24, 2.45) is 0 Å². The van der Waals surface area contributed by atoms with E-state index in [1.54, 1.807) is 6.07 Å². The Labute approximate surface area is 136 Å². The summed E-state index contributed by atoms with van der Waals surface area (Å²) in [7, 11) is 1.99. The molecule has 124 valence electrons. The van der Waals surface area contributed by atoms with Gasteiger partial charge in [-0.1, -0.05) is 6.07 Å². The minimum atomic E-state index is -0.310. The first-order chi connectivity index (χ1) is 11.0. The number of morpholine rings is 1. The van der Waals surface area contributed by atoms with Gasteiger partial charge in [-0.05, 0) is 26.0 Å². The lowest BCUT2D eigenvalue weighted by Gasteiger charge is -2.36. The normalized spacial score (nSPS) is 22.4. The molecule has 0 aliphatic carbocycles. The Balaban J connectivity index is 1.71. The zero-order valence-corrected chi connectivity index (χ0v) is 13.9. The second-order valence-corrected chi connectivity index (χ2v) is 6.27. The molecule has 0 saturated carbocycles. The highest BCUT2D eigenvalue weighted by Gasteiger charge is 2.22. The summed E-state index contributed by atoms with van der Waals surface area (Å²) in [5.41, 5.74) is 0.373. The van der Waals surface area contributed by atoms with Gasteiger partial charge in [0.25, 0.3) is 0 Å². The number of nitrogens with zero attached hydrogens (tertiary/aromatic N) is 4. The average molecular weight is 318 g/mol. The van der Waals surface area contributed by atoms with E-state index in [0.717, 1.165) is 37.4 Å². The number of para-hydroxylation sites is 1. The highest BCUT2D eigenvalue weighted by atomic mass is 19.1. The second kappa shape index (κ2) is 6.76. The van der Waals surface area contributed by atoms with Crippen LogP contribution < -0.4 is 4.90 Å². The zero-order chi connectivity index (χ0) is 16.4. The minimum Gasteiger partial charge on any atom is -0.373 e. The van der Waals surface area contributed by atoms with E-state index in [0.29, 0.717) is 5.52 Å². The third-order valence-electron chi connectivity index (χ3n) is 4.20. The molecule has 2 aromatic rings. The van der Waals surface area contributed by atoms with E-state index in [-0.39, 0.29) is 18.0 Å². The fraction of sp³-hybridized carbons (Fsp3) is 0.529. The van der Waals surface area contributed by atoms with E-state index in [4.69, 9.17) is 4.74 Å². The number of benzene rings is 1.